The number of carbonyl (C=O) groups is 1. The third kappa shape index (κ3) is 1.68. The van der Waals surface area contributed by atoms with Crippen LogP contribution in [0, 0.1) is 5.92 Å². The quantitative estimate of drug-likeness (QED) is 0.501. The first kappa shape index (κ1) is 6.55. The molecule has 1 atom stereocenters. The van der Waals surface area contributed by atoms with Gasteiger partial charge in [0, 0.05) is 19.6 Å². The van der Waals surface area contributed by atoms with Crippen LogP contribution in [0.1, 0.15) is 12.8 Å². The molecule has 2 N–H and O–H groups in total. The molecule has 1 aliphatic heterocycles. The Morgan fingerprint density at radius 3 is 3.00 bits per heavy atom. The molecule has 1 aliphatic rings. The number of carbonyl (C=O) groups excluding carboxylic acids is 1. The molecule has 1 amide bonds. The zero-order valence-corrected chi connectivity index (χ0v) is 5.26. The van der Waals surface area contributed by atoms with E-state index in [0.29, 0.717) is 18.9 Å². The zero-order chi connectivity index (χ0) is 6.69. The van der Waals surface area contributed by atoms with E-state index in [1.165, 1.54) is 0 Å². The molecule has 0 radical (unpaired) electrons. The smallest absolute Gasteiger partial charge is 0.220 e. The third-order valence-electron chi connectivity index (χ3n) is 1.63. The Balaban J connectivity index is 2.26. The molecular formula is C6H11NO2. The molecule has 0 aromatic heterocycles. The highest BCUT2D eigenvalue weighted by Crippen LogP contribution is 2.08. The Hall–Kier alpha value is -0.570. The average Bonchev–Trinajstić information content (AvgIpc) is 1.90. The molecule has 1 rings (SSSR count). The lowest BCUT2D eigenvalue weighted by Crippen LogP contribution is -2.36. The van der Waals surface area contributed by atoms with Crippen LogP contribution in [0.25, 0.3) is 0 Å². The minimum atomic E-state index is 0.111. The van der Waals surface area contributed by atoms with E-state index in [9.17, 15) is 4.79 Å². The van der Waals surface area contributed by atoms with Crippen molar-refractivity contribution in [3.8, 4) is 0 Å². The second-order valence-electron chi connectivity index (χ2n) is 2.39. The summed E-state index contributed by atoms with van der Waals surface area (Å²) in [5, 5.41) is 11.3. The Labute approximate surface area is 54.1 Å². The number of rotatable bonds is 1. The van der Waals surface area contributed by atoms with Crippen LogP contribution in [0.2, 0.25) is 0 Å². The van der Waals surface area contributed by atoms with Crippen LogP contribution in [0.15, 0.2) is 0 Å². The highest BCUT2D eigenvalue weighted by molar-refractivity contribution is 5.76. The average molecular weight is 129 g/mol. The Morgan fingerprint density at radius 2 is 2.56 bits per heavy atom. The van der Waals surface area contributed by atoms with Crippen molar-refractivity contribution in [3.63, 3.8) is 0 Å². The third-order valence-corrected chi connectivity index (χ3v) is 1.63. The fourth-order valence-corrected chi connectivity index (χ4v) is 0.940. The van der Waals surface area contributed by atoms with E-state index in [4.69, 9.17) is 5.11 Å². The maximum absolute atomic E-state index is 10.5. The van der Waals surface area contributed by atoms with Gasteiger partial charge in [-0.15, -0.1) is 0 Å². The number of hydrogen-bond donors (Lipinski definition) is 2. The van der Waals surface area contributed by atoms with Crippen molar-refractivity contribution in [2.45, 2.75) is 12.8 Å². The molecule has 3 heteroatoms. The van der Waals surface area contributed by atoms with Gasteiger partial charge in [0.1, 0.15) is 0 Å². The van der Waals surface area contributed by atoms with Gasteiger partial charge in [-0.1, -0.05) is 0 Å². The fraction of sp³-hybridized carbons (Fsp3) is 0.833. The molecule has 0 unspecified atom stereocenters. The molecule has 1 fully saturated rings. The molecular weight excluding hydrogens is 118 g/mol. The van der Waals surface area contributed by atoms with Crippen LogP contribution in [0.4, 0.5) is 0 Å². The highest BCUT2D eigenvalue weighted by Gasteiger charge is 2.15. The van der Waals surface area contributed by atoms with E-state index in [0.717, 1.165) is 6.42 Å². The van der Waals surface area contributed by atoms with E-state index in [1.807, 2.05) is 0 Å². The summed E-state index contributed by atoms with van der Waals surface area (Å²) in [6, 6.07) is 0. The van der Waals surface area contributed by atoms with Gasteiger partial charge in [0.2, 0.25) is 5.91 Å². The van der Waals surface area contributed by atoms with Gasteiger partial charge in [0.15, 0.2) is 0 Å². The first-order valence-corrected chi connectivity index (χ1v) is 3.20. The molecule has 0 aromatic rings. The number of piperidine rings is 1. The van der Waals surface area contributed by atoms with Crippen molar-refractivity contribution in [2.24, 2.45) is 5.92 Å². The molecule has 1 heterocycles. The first-order chi connectivity index (χ1) is 4.33. The topological polar surface area (TPSA) is 49.3 Å². The fourth-order valence-electron chi connectivity index (χ4n) is 0.940. The number of amides is 1. The minimum Gasteiger partial charge on any atom is -0.396 e. The van der Waals surface area contributed by atoms with E-state index < -0.39 is 0 Å². The summed E-state index contributed by atoms with van der Waals surface area (Å²) >= 11 is 0. The summed E-state index contributed by atoms with van der Waals surface area (Å²) in [5.74, 6) is 0.405. The van der Waals surface area contributed by atoms with Gasteiger partial charge in [-0.05, 0) is 12.3 Å². The predicted molar refractivity (Wildman–Crippen MR) is 32.8 cm³/mol. The Morgan fingerprint density at radius 1 is 1.78 bits per heavy atom. The molecule has 0 saturated carbocycles. The Kier molecular flexibility index (Phi) is 2.05. The second kappa shape index (κ2) is 2.82. The highest BCUT2D eigenvalue weighted by atomic mass is 16.3. The standard InChI is InChI=1S/C6H11NO2/c8-4-5-1-2-6(9)7-3-5/h5,8H,1-4H2,(H,7,9)/t5-/m0/s1. The first-order valence-electron chi connectivity index (χ1n) is 3.20. The van der Waals surface area contributed by atoms with Crippen molar-refractivity contribution >= 4 is 5.91 Å². The van der Waals surface area contributed by atoms with Gasteiger partial charge < -0.3 is 10.4 Å². The van der Waals surface area contributed by atoms with E-state index in [1.54, 1.807) is 0 Å². The molecule has 0 aromatic carbocycles. The summed E-state index contributed by atoms with van der Waals surface area (Å²) in [6.07, 6.45) is 1.41. The summed E-state index contributed by atoms with van der Waals surface area (Å²) in [5.41, 5.74) is 0. The summed E-state index contributed by atoms with van der Waals surface area (Å²) in [6.45, 7) is 0.843. The normalized spacial score (nSPS) is 27.7. The summed E-state index contributed by atoms with van der Waals surface area (Å²) in [7, 11) is 0. The maximum Gasteiger partial charge on any atom is 0.220 e. The van der Waals surface area contributed by atoms with Crippen LogP contribution in [-0.4, -0.2) is 24.2 Å². The lowest BCUT2D eigenvalue weighted by Gasteiger charge is -2.19. The SMILES string of the molecule is O=C1CC[C@H](CO)CN1. The predicted octanol–water partition coefficient (Wildman–Crippen LogP) is -0.495. The molecule has 0 spiro atoms. The number of nitrogens with one attached hydrogen (secondary N) is 1. The van der Waals surface area contributed by atoms with Crippen molar-refractivity contribution in [1.29, 1.82) is 0 Å². The largest absolute Gasteiger partial charge is 0.396 e. The summed E-state index contributed by atoms with van der Waals surface area (Å²) < 4.78 is 0. The van der Waals surface area contributed by atoms with Crippen LogP contribution in [0.3, 0.4) is 0 Å². The van der Waals surface area contributed by atoms with Gasteiger partial charge in [-0.25, -0.2) is 0 Å². The number of aliphatic hydroxyl groups is 1. The molecule has 1 saturated heterocycles. The number of aliphatic hydroxyl groups excluding tert-OH is 1. The minimum absolute atomic E-state index is 0.111. The van der Waals surface area contributed by atoms with Crippen molar-refractivity contribution < 1.29 is 9.90 Å². The van der Waals surface area contributed by atoms with Gasteiger partial charge in [0.05, 0.1) is 0 Å². The van der Waals surface area contributed by atoms with Crippen LogP contribution < -0.4 is 5.32 Å². The van der Waals surface area contributed by atoms with Crippen LogP contribution in [-0.2, 0) is 4.79 Å². The van der Waals surface area contributed by atoms with Gasteiger partial charge in [-0.3, -0.25) is 4.79 Å². The molecule has 0 bridgehead atoms. The van der Waals surface area contributed by atoms with Gasteiger partial charge in [0.25, 0.3) is 0 Å². The van der Waals surface area contributed by atoms with Crippen molar-refractivity contribution in [1.82, 2.24) is 5.32 Å². The van der Waals surface area contributed by atoms with E-state index in [-0.39, 0.29) is 12.5 Å². The van der Waals surface area contributed by atoms with Gasteiger partial charge >= 0.3 is 0 Å². The second-order valence-corrected chi connectivity index (χ2v) is 2.39. The molecule has 3 nitrogen and oxygen atoms in total. The molecule has 9 heavy (non-hydrogen) atoms. The molecule has 0 aliphatic carbocycles. The number of hydrogen-bond acceptors (Lipinski definition) is 2. The van der Waals surface area contributed by atoms with Crippen LogP contribution >= 0.6 is 0 Å². The van der Waals surface area contributed by atoms with Crippen molar-refractivity contribution in [2.75, 3.05) is 13.2 Å². The maximum atomic E-state index is 10.5. The van der Waals surface area contributed by atoms with E-state index >= 15 is 0 Å². The van der Waals surface area contributed by atoms with E-state index in [2.05, 4.69) is 5.32 Å². The monoisotopic (exact) mass is 129 g/mol. The van der Waals surface area contributed by atoms with Crippen molar-refractivity contribution in [3.05, 3.63) is 0 Å². The van der Waals surface area contributed by atoms with Crippen LogP contribution in [0.5, 0.6) is 0 Å². The lowest BCUT2D eigenvalue weighted by atomic mass is 10.0. The zero-order valence-electron chi connectivity index (χ0n) is 5.26. The lowest BCUT2D eigenvalue weighted by molar-refractivity contribution is -0.123. The molecule has 52 valence electrons. The Bertz CT molecular complexity index is 104. The van der Waals surface area contributed by atoms with Gasteiger partial charge in [-0.2, -0.15) is 0 Å². The summed E-state index contributed by atoms with van der Waals surface area (Å²) in [4.78, 5) is 10.5.